The number of hydrogen-bond acceptors (Lipinski definition) is 4. The molecule has 0 amide bonds. The van der Waals surface area contributed by atoms with Gasteiger partial charge in [-0.3, -0.25) is 4.90 Å². The van der Waals surface area contributed by atoms with E-state index in [1.165, 1.54) is 31.4 Å². The summed E-state index contributed by atoms with van der Waals surface area (Å²) in [6.07, 6.45) is 5.64. The fourth-order valence-electron chi connectivity index (χ4n) is 2.94. The molecule has 1 aromatic heterocycles. The Kier molecular flexibility index (Phi) is 6.07. The molecule has 20 heavy (non-hydrogen) atoms. The van der Waals surface area contributed by atoms with Crippen LogP contribution >= 0.6 is 0 Å². The molecule has 4 nitrogen and oxygen atoms in total. The Labute approximate surface area is 123 Å². The van der Waals surface area contributed by atoms with Crippen molar-refractivity contribution in [2.75, 3.05) is 33.7 Å². The Morgan fingerprint density at radius 3 is 3.05 bits per heavy atom. The maximum atomic E-state index is 5.66. The molecule has 4 heteroatoms. The van der Waals surface area contributed by atoms with Crippen LogP contribution in [0.2, 0.25) is 0 Å². The average Bonchev–Trinajstić information content (AvgIpc) is 3.01. The Bertz CT molecular complexity index is 391. The van der Waals surface area contributed by atoms with Gasteiger partial charge in [-0.05, 0) is 52.5 Å². The van der Waals surface area contributed by atoms with E-state index in [0.29, 0.717) is 6.04 Å². The van der Waals surface area contributed by atoms with Gasteiger partial charge < -0.3 is 14.6 Å². The van der Waals surface area contributed by atoms with Gasteiger partial charge in [0, 0.05) is 24.7 Å². The van der Waals surface area contributed by atoms with Crippen molar-refractivity contribution in [1.82, 2.24) is 15.1 Å². The Balaban J connectivity index is 1.81. The summed E-state index contributed by atoms with van der Waals surface area (Å²) in [6.45, 7) is 7.43. The summed E-state index contributed by atoms with van der Waals surface area (Å²) in [7, 11) is 4.43. The van der Waals surface area contributed by atoms with Gasteiger partial charge in [-0.2, -0.15) is 0 Å². The van der Waals surface area contributed by atoms with Crippen LogP contribution in [0.4, 0.5) is 0 Å². The van der Waals surface area contributed by atoms with Crippen LogP contribution in [-0.2, 0) is 13.1 Å². The number of likely N-dealkylation sites (tertiary alicyclic amines) is 1. The Morgan fingerprint density at radius 2 is 2.35 bits per heavy atom. The number of likely N-dealkylation sites (N-methyl/N-ethyl adjacent to an activating group) is 2. The molecular formula is C16H29N3O. The minimum Gasteiger partial charge on any atom is -0.468 e. The molecule has 0 aliphatic carbocycles. The molecule has 1 aliphatic rings. The number of rotatable bonds is 8. The highest BCUT2D eigenvalue weighted by molar-refractivity contribution is 5.16. The fraction of sp³-hybridized carbons (Fsp3) is 0.750. The van der Waals surface area contributed by atoms with Gasteiger partial charge in [-0.25, -0.2) is 0 Å². The molecule has 2 heterocycles. The third-order valence-corrected chi connectivity index (χ3v) is 4.19. The highest BCUT2D eigenvalue weighted by Gasteiger charge is 2.22. The van der Waals surface area contributed by atoms with Gasteiger partial charge in [0.25, 0.3) is 0 Å². The first-order chi connectivity index (χ1) is 9.70. The quantitative estimate of drug-likeness (QED) is 0.740. The zero-order valence-corrected chi connectivity index (χ0v) is 13.2. The Hall–Kier alpha value is -0.840. The van der Waals surface area contributed by atoms with Crippen molar-refractivity contribution < 1.29 is 4.42 Å². The highest BCUT2D eigenvalue weighted by Crippen LogP contribution is 2.18. The first-order valence-corrected chi connectivity index (χ1v) is 7.85. The molecular weight excluding hydrogens is 250 g/mol. The van der Waals surface area contributed by atoms with E-state index in [1.54, 1.807) is 0 Å². The zero-order chi connectivity index (χ0) is 14.4. The van der Waals surface area contributed by atoms with E-state index in [4.69, 9.17) is 4.42 Å². The van der Waals surface area contributed by atoms with Crippen LogP contribution in [0, 0.1) is 0 Å². The van der Waals surface area contributed by atoms with Crippen LogP contribution < -0.4 is 5.32 Å². The molecule has 1 aliphatic heterocycles. The van der Waals surface area contributed by atoms with Gasteiger partial charge in [0.15, 0.2) is 0 Å². The molecule has 1 atom stereocenters. The highest BCUT2D eigenvalue weighted by atomic mass is 16.3. The number of nitrogens with one attached hydrogen (secondary N) is 1. The summed E-state index contributed by atoms with van der Waals surface area (Å²) < 4.78 is 5.66. The monoisotopic (exact) mass is 279 g/mol. The van der Waals surface area contributed by atoms with Crippen molar-refractivity contribution >= 4 is 0 Å². The lowest BCUT2D eigenvalue weighted by molar-refractivity contribution is 0.205. The molecule has 0 saturated carbocycles. The van der Waals surface area contributed by atoms with Gasteiger partial charge in [-0.1, -0.05) is 6.92 Å². The maximum Gasteiger partial charge on any atom is 0.122 e. The first-order valence-electron chi connectivity index (χ1n) is 7.85. The van der Waals surface area contributed by atoms with E-state index in [0.717, 1.165) is 31.9 Å². The second kappa shape index (κ2) is 7.81. The summed E-state index contributed by atoms with van der Waals surface area (Å²) in [6, 6.07) is 2.80. The second-order valence-electron chi connectivity index (χ2n) is 6.02. The predicted molar refractivity (Wildman–Crippen MR) is 82.7 cm³/mol. The van der Waals surface area contributed by atoms with Crippen LogP contribution in [0.15, 0.2) is 16.7 Å². The van der Waals surface area contributed by atoms with E-state index in [1.807, 2.05) is 6.26 Å². The van der Waals surface area contributed by atoms with Crippen molar-refractivity contribution in [3.05, 3.63) is 23.7 Å². The van der Waals surface area contributed by atoms with Gasteiger partial charge in [-0.15, -0.1) is 0 Å². The molecule has 0 bridgehead atoms. The number of furan rings is 1. The van der Waals surface area contributed by atoms with Crippen LogP contribution in [0.25, 0.3) is 0 Å². The average molecular weight is 279 g/mol. The largest absolute Gasteiger partial charge is 0.468 e. The molecule has 1 aromatic rings. The standard InChI is InChI=1S/C16H29N3O/c1-4-8-17-11-14-7-10-20-16(14)13-18(2)12-15-6-5-9-19(15)3/h7,10,15,17H,4-6,8-9,11-13H2,1-3H3. The van der Waals surface area contributed by atoms with E-state index < -0.39 is 0 Å². The molecule has 114 valence electrons. The second-order valence-corrected chi connectivity index (χ2v) is 6.02. The summed E-state index contributed by atoms with van der Waals surface area (Å²) >= 11 is 0. The lowest BCUT2D eigenvalue weighted by atomic mass is 10.2. The maximum absolute atomic E-state index is 5.66. The van der Waals surface area contributed by atoms with Gasteiger partial charge >= 0.3 is 0 Å². The number of nitrogens with zero attached hydrogens (tertiary/aromatic N) is 2. The van der Waals surface area contributed by atoms with Crippen molar-refractivity contribution in [2.24, 2.45) is 0 Å². The van der Waals surface area contributed by atoms with Gasteiger partial charge in [0.05, 0.1) is 12.8 Å². The van der Waals surface area contributed by atoms with Crippen molar-refractivity contribution in [1.29, 1.82) is 0 Å². The molecule has 0 aromatic carbocycles. The van der Waals surface area contributed by atoms with Crippen molar-refractivity contribution in [3.8, 4) is 0 Å². The smallest absolute Gasteiger partial charge is 0.122 e. The van der Waals surface area contributed by atoms with Crippen molar-refractivity contribution in [2.45, 2.75) is 45.3 Å². The summed E-state index contributed by atoms with van der Waals surface area (Å²) in [4.78, 5) is 4.86. The molecule has 1 fully saturated rings. The van der Waals surface area contributed by atoms with E-state index >= 15 is 0 Å². The molecule has 0 radical (unpaired) electrons. The van der Waals surface area contributed by atoms with E-state index in [9.17, 15) is 0 Å². The molecule has 1 unspecified atom stereocenters. The Morgan fingerprint density at radius 1 is 1.50 bits per heavy atom. The van der Waals surface area contributed by atoms with E-state index in [-0.39, 0.29) is 0 Å². The third-order valence-electron chi connectivity index (χ3n) is 4.19. The molecule has 1 N–H and O–H groups in total. The minimum absolute atomic E-state index is 0.705. The van der Waals surface area contributed by atoms with Gasteiger partial charge in [0.2, 0.25) is 0 Å². The summed E-state index contributed by atoms with van der Waals surface area (Å²) in [5.74, 6) is 1.11. The fourth-order valence-corrected chi connectivity index (χ4v) is 2.94. The predicted octanol–water partition coefficient (Wildman–Crippen LogP) is 2.31. The first kappa shape index (κ1) is 15.5. The summed E-state index contributed by atoms with van der Waals surface area (Å²) in [5.41, 5.74) is 1.30. The molecule has 2 rings (SSSR count). The zero-order valence-electron chi connectivity index (χ0n) is 13.2. The normalized spacial score (nSPS) is 20.1. The van der Waals surface area contributed by atoms with E-state index in [2.05, 4.69) is 42.2 Å². The number of hydrogen-bond donors (Lipinski definition) is 1. The van der Waals surface area contributed by atoms with Crippen LogP contribution in [0.5, 0.6) is 0 Å². The van der Waals surface area contributed by atoms with Crippen LogP contribution in [0.3, 0.4) is 0 Å². The molecule has 1 saturated heterocycles. The third kappa shape index (κ3) is 4.33. The SMILES string of the molecule is CCCNCc1ccoc1CN(C)CC1CCCN1C. The summed E-state index contributed by atoms with van der Waals surface area (Å²) in [5, 5.41) is 3.44. The lowest BCUT2D eigenvalue weighted by Gasteiger charge is -2.25. The minimum atomic E-state index is 0.705. The lowest BCUT2D eigenvalue weighted by Crippen LogP contribution is -2.36. The van der Waals surface area contributed by atoms with Gasteiger partial charge in [0.1, 0.15) is 5.76 Å². The van der Waals surface area contributed by atoms with Crippen molar-refractivity contribution in [3.63, 3.8) is 0 Å². The molecule has 0 spiro atoms. The van der Waals surface area contributed by atoms with Crippen LogP contribution in [-0.4, -0.2) is 49.6 Å². The topological polar surface area (TPSA) is 31.7 Å². The van der Waals surface area contributed by atoms with Crippen LogP contribution in [0.1, 0.15) is 37.5 Å².